The molecule has 3 rings (SSSR count). The SMILES string of the molecule is CCS(=O)(=O)c1ccc(-c2cncn2-c2ccc(CS(=O)O)nc2)cc1. The van der Waals surface area contributed by atoms with E-state index in [9.17, 15) is 12.6 Å². The van der Waals surface area contributed by atoms with Crippen molar-refractivity contribution in [2.45, 2.75) is 17.6 Å². The number of benzene rings is 1. The molecule has 0 spiro atoms. The van der Waals surface area contributed by atoms with E-state index in [2.05, 4.69) is 9.97 Å². The van der Waals surface area contributed by atoms with Crippen LogP contribution in [-0.4, -0.2) is 37.5 Å². The van der Waals surface area contributed by atoms with Gasteiger partial charge in [0, 0.05) is 5.56 Å². The van der Waals surface area contributed by atoms with Crippen molar-refractivity contribution in [2.24, 2.45) is 0 Å². The summed E-state index contributed by atoms with van der Waals surface area (Å²) in [5, 5.41) is 0. The molecule has 136 valence electrons. The first kappa shape index (κ1) is 18.4. The Labute approximate surface area is 154 Å². The molecule has 2 aromatic heterocycles. The van der Waals surface area contributed by atoms with Crippen molar-refractivity contribution in [1.29, 1.82) is 0 Å². The van der Waals surface area contributed by atoms with Crippen LogP contribution in [0.5, 0.6) is 0 Å². The van der Waals surface area contributed by atoms with Gasteiger partial charge in [-0.3, -0.25) is 9.55 Å². The summed E-state index contributed by atoms with van der Waals surface area (Å²) in [7, 11) is -3.24. The molecule has 0 aliphatic rings. The monoisotopic (exact) mass is 391 g/mol. The summed E-state index contributed by atoms with van der Waals surface area (Å²) in [4.78, 5) is 8.64. The smallest absolute Gasteiger partial charge is 0.178 e. The predicted molar refractivity (Wildman–Crippen MR) is 99.0 cm³/mol. The van der Waals surface area contributed by atoms with Crippen molar-refractivity contribution < 1.29 is 17.2 Å². The molecule has 9 heteroatoms. The summed E-state index contributed by atoms with van der Waals surface area (Å²) in [5.74, 6) is 0.0331. The molecule has 26 heavy (non-hydrogen) atoms. The van der Waals surface area contributed by atoms with Crippen molar-refractivity contribution in [3.05, 3.63) is 60.8 Å². The molecule has 7 nitrogen and oxygen atoms in total. The maximum atomic E-state index is 11.9. The van der Waals surface area contributed by atoms with Crippen LogP contribution in [0.2, 0.25) is 0 Å². The van der Waals surface area contributed by atoms with Crippen LogP contribution in [-0.2, 0) is 26.7 Å². The number of nitrogens with zero attached hydrogens (tertiary/aromatic N) is 3. The summed E-state index contributed by atoms with van der Waals surface area (Å²) in [6.45, 7) is 1.61. The molecule has 0 fully saturated rings. The maximum absolute atomic E-state index is 11.9. The molecule has 1 atom stereocenters. The van der Waals surface area contributed by atoms with Crippen molar-refractivity contribution in [2.75, 3.05) is 5.75 Å². The van der Waals surface area contributed by atoms with Gasteiger partial charge in [-0.25, -0.2) is 17.6 Å². The molecule has 0 radical (unpaired) electrons. The second kappa shape index (κ2) is 7.48. The minimum atomic E-state index is -3.24. The Balaban J connectivity index is 1.92. The Bertz CT molecular complexity index is 1030. The Hall–Kier alpha value is -2.36. The van der Waals surface area contributed by atoms with Crippen LogP contribution < -0.4 is 0 Å². The largest absolute Gasteiger partial charge is 0.306 e. The average Bonchev–Trinajstić information content (AvgIpc) is 3.12. The first-order chi connectivity index (χ1) is 12.4. The highest BCUT2D eigenvalue weighted by Crippen LogP contribution is 2.24. The highest BCUT2D eigenvalue weighted by molar-refractivity contribution is 7.91. The quantitative estimate of drug-likeness (QED) is 0.648. The molecule has 0 amide bonds. The summed E-state index contributed by atoms with van der Waals surface area (Å²) in [6, 6.07) is 10.1. The molecule has 0 bridgehead atoms. The van der Waals surface area contributed by atoms with Gasteiger partial charge in [0.1, 0.15) is 0 Å². The molecule has 0 saturated heterocycles. The molecular weight excluding hydrogens is 374 g/mol. The van der Waals surface area contributed by atoms with E-state index in [-0.39, 0.29) is 16.4 Å². The number of imidazole rings is 1. The first-order valence-corrected chi connectivity index (χ1v) is 10.7. The zero-order valence-electron chi connectivity index (χ0n) is 13.9. The molecule has 1 aromatic carbocycles. The minimum absolute atomic E-state index is 0.0234. The zero-order chi connectivity index (χ0) is 18.7. The fourth-order valence-electron chi connectivity index (χ4n) is 2.49. The van der Waals surface area contributed by atoms with Gasteiger partial charge in [0.2, 0.25) is 0 Å². The van der Waals surface area contributed by atoms with Crippen LogP contribution in [0.4, 0.5) is 0 Å². The summed E-state index contributed by atoms with van der Waals surface area (Å²) >= 11 is -1.94. The summed E-state index contributed by atoms with van der Waals surface area (Å²) in [6.07, 6.45) is 4.91. The van der Waals surface area contributed by atoms with Crippen molar-refractivity contribution in [3.63, 3.8) is 0 Å². The van der Waals surface area contributed by atoms with E-state index in [0.29, 0.717) is 5.69 Å². The van der Waals surface area contributed by atoms with Gasteiger partial charge in [-0.05, 0) is 24.3 Å². The topological polar surface area (TPSA) is 102 Å². The van der Waals surface area contributed by atoms with Gasteiger partial charge in [-0.1, -0.05) is 19.1 Å². The molecule has 2 heterocycles. The van der Waals surface area contributed by atoms with Crippen LogP contribution >= 0.6 is 0 Å². The van der Waals surface area contributed by atoms with E-state index in [1.165, 1.54) is 0 Å². The lowest BCUT2D eigenvalue weighted by Gasteiger charge is -2.09. The van der Waals surface area contributed by atoms with Gasteiger partial charge in [0.05, 0.1) is 52.2 Å². The summed E-state index contributed by atoms with van der Waals surface area (Å²) in [5.41, 5.74) is 2.87. The van der Waals surface area contributed by atoms with Gasteiger partial charge < -0.3 is 4.55 Å². The van der Waals surface area contributed by atoms with E-state index in [0.717, 1.165) is 16.9 Å². The number of aromatic nitrogens is 3. The highest BCUT2D eigenvalue weighted by atomic mass is 32.2. The number of rotatable bonds is 6. The molecule has 1 unspecified atom stereocenters. The number of pyridine rings is 1. The third kappa shape index (κ3) is 3.90. The van der Waals surface area contributed by atoms with Crippen LogP contribution in [0.3, 0.4) is 0 Å². The molecule has 0 aliphatic heterocycles. The van der Waals surface area contributed by atoms with Gasteiger partial charge in [-0.15, -0.1) is 0 Å². The second-order valence-electron chi connectivity index (χ2n) is 5.55. The van der Waals surface area contributed by atoms with Crippen molar-refractivity contribution >= 4 is 20.9 Å². The van der Waals surface area contributed by atoms with Crippen LogP contribution in [0, 0.1) is 0 Å². The Morgan fingerprint density at radius 1 is 1.12 bits per heavy atom. The Morgan fingerprint density at radius 2 is 1.85 bits per heavy atom. The van der Waals surface area contributed by atoms with Crippen LogP contribution in [0.1, 0.15) is 12.6 Å². The van der Waals surface area contributed by atoms with Crippen LogP contribution in [0.25, 0.3) is 16.9 Å². The molecule has 0 aliphatic carbocycles. The lowest BCUT2D eigenvalue weighted by atomic mass is 10.1. The standard InChI is InChI=1S/C17H17N3O4S2/c1-2-26(23,24)16-7-3-13(4-8-16)17-10-18-12-20(17)15-6-5-14(19-9-15)11-25(21)22/h3-10,12H,2,11H2,1H3,(H,21,22). The molecule has 3 aromatic rings. The first-order valence-electron chi connectivity index (χ1n) is 7.79. The van der Waals surface area contributed by atoms with Gasteiger partial charge in [-0.2, -0.15) is 0 Å². The molecule has 1 N–H and O–H groups in total. The van der Waals surface area contributed by atoms with Gasteiger partial charge in [0.15, 0.2) is 20.9 Å². The van der Waals surface area contributed by atoms with E-state index in [1.807, 2.05) is 4.57 Å². The number of hydrogen-bond donors (Lipinski definition) is 1. The molecule has 0 saturated carbocycles. The lowest BCUT2D eigenvalue weighted by molar-refractivity contribution is 0.562. The summed E-state index contributed by atoms with van der Waals surface area (Å²) < 4.78 is 45.5. The maximum Gasteiger partial charge on any atom is 0.178 e. The van der Waals surface area contributed by atoms with Crippen LogP contribution in [0.15, 0.2) is 60.0 Å². The highest BCUT2D eigenvalue weighted by Gasteiger charge is 2.13. The fraction of sp³-hybridized carbons (Fsp3) is 0.176. The van der Waals surface area contributed by atoms with Gasteiger partial charge >= 0.3 is 0 Å². The van der Waals surface area contributed by atoms with E-state index in [4.69, 9.17) is 4.55 Å². The number of sulfone groups is 1. The Kier molecular flexibility index (Phi) is 5.30. The third-order valence-electron chi connectivity index (χ3n) is 3.89. The average molecular weight is 391 g/mol. The van der Waals surface area contributed by atoms with Crippen molar-refractivity contribution in [1.82, 2.24) is 14.5 Å². The Morgan fingerprint density at radius 3 is 2.42 bits per heavy atom. The lowest BCUT2D eigenvalue weighted by Crippen LogP contribution is -2.03. The van der Waals surface area contributed by atoms with E-state index in [1.54, 1.807) is 62.0 Å². The van der Waals surface area contributed by atoms with Gasteiger partial charge in [0.25, 0.3) is 0 Å². The van der Waals surface area contributed by atoms with E-state index >= 15 is 0 Å². The second-order valence-corrected chi connectivity index (χ2v) is 8.76. The zero-order valence-corrected chi connectivity index (χ0v) is 15.6. The minimum Gasteiger partial charge on any atom is -0.306 e. The van der Waals surface area contributed by atoms with Crippen molar-refractivity contribution in [3.8, 4) is 16.9 Å². The predicted octanol–water partition coefficient (Wildman–Crippen LogP) is 2.45. The number of hydrogen-bond acceptors (Lipinski definition) is 5. The fourth-order valence-corrected chi connectivity index (χ4v) is 3.79. The normalized spacial score (nSPS) is 12.8. The molecular formula is C17H17N3O4S2. The third-order valence-corrected chi connectivity index (χ3v) is 6.18. The van der Waals surface area contributed by atoms with E-state index < -0.39 is 20.9 Å².